The molecule has 1 atom stereocenters. The summed E-state index contributed by atoms with van der Waals surface area (Å²) in [7, 11) is 4.13. The molecule has 1 saturated heterocycles. The van der Waals surface area contributed by atoms with Crippen LogP contribution in [-0.4, -0.2) is 56.6 Å². The first-order valence-corrected chi connectivity index (χ1v) is 8.37. The first kappa shape index (κ1) is 16.6. The van der Waals surface area contributed by atoms with Crippen molar-refractivity contribution in [3.8, 4) is 0 Å². The number of amides is 1. The molecule has 1 fully saturated rings. The van der Waals surface area contributed by atoms with Crippen LogP contribution in [0.1, 0.15) is 36.4 Å². The highest BCUT2D eigenvalue weighted by Gasteiger charge is 2.29. The number of benzene rings is 1. The number of aromatic nitrogens is 4. The van der Waals surface area contributed by atoms with Crippen molar-refractivity contribution in [3.05, 3.63) is 41.7 Å². The third-order valence-electron chi connectivity index (χ3n) is 4.38. The summed E-state index contributed by atoms with van der Waals surface area (Å²) in [4.78, 5) is 16.7. The molecule has 0 spiro atoms. The number of hydrogen-bond acceptors (Lipinski definition) is 5. The fraction of sp³-hybridized carbons (Fsp3) is 0.529. The zero-order valence-corrected chi connectivity index (χ0v) is 14.3. The van der Waals surface area contributed by atoms with Gasteiger partial charge in [0, 0.05) is 19.5 Å². The second-order valence-corrected chi connectivity index (χ2v) is 6.55. The van der Waals surface area contributed by atoms with Gasteiger partial charge in [0.15, 0.2) is 0 Å². The molecule has 0 aliphatic carbocycles. The smallest absolute Gasteiger partial charge is 0.224 e. The van der Waals surface area contributed by atoms with Gasteiger partial charge in [0.2, 0.25) is 5.91 Å². The normalized spacial score (nSPS) is 17.6. The Balaban J connectivity index is 1.62. The molecule has 1 aromatic heterocycles. The maximum atomic E-state index is 12.6. The number of tetrazole rings is 1. The topological polar surface area (TPSA) is 67.2 Å². The average Bonchev–Trinajstić information content (AvgIpc) is 3.24. The predicted octanol–water partition coefficient (Wildman–Crippen LogP) is 1.49. The molecule has 1 aromatic carbocycles. The maximum Gasteiger partial charge on any atom is 0.224 e. The van der Waals surface area contributed by atoms with Gasteiger partial charge in [0.05, 0.1) is 12.6 Å². The molecule has 2 heterocycles. The molecule has 7 heteroatoms. The Kier molecular flexibility index (Phi) is 5.20. The Hall–Kier alpha value is -2.28. The first-order valence-electron chi connectivity index (χ1n) is 8.37. The highest BCUT2D eigenvalue weighted by Crippen LogP contribution is 2.32. The minimum Gasteiger partial charge on any atom is -0.336 e. The minimum atomic E-state index is 0.172. The van der Waals surface area contributed by atoms with E-state index in [2.05, 4.69) is 58.8 Å². The fourth-order valence-electron chi connectivity index (χ4n) is 3.26. The van der Waals surface area contributed by atoms with Crippen LogP contribution >= 0.6 is 0 Å². The predicted molar refractivity (Wildman–Crippen MR) is 90.0 cm³/mol. The standard InChI is InChI=1S/C17H24N6O/c1-21(2)12-14-5-7-15(8-6-14)16-4-3-10-23(16)17(24)9-11-22-13-18-19-20-22/h5-8,13,16H,3-4,9-12H2,1-2H3. The molecule has 1 unspecified atom stereocenters. The first-order chi connectivity index (χ1) is 11.6. The Morgan fingerprint density at radius 1 is 1.29 bits per heavy atom. The van der Waals surface area contributed by atoms with E-state index >= 15 is 0 Å². The molecule has 0 radical (unpaired) electrons. The van der Waals surface area contributed by atoms with Gasteiger partial charge in [-0.3, -0.25) is 4.79 Å². The van der Waals surface area contributed by atoms with Crippen molar-refractivity contribution < 1.29 is 4.79 Å². The lowest BCUT2D eigenvalue weighted by atomic mass is 10.0. The van der Waals surface area contributed by atoms with Crippen LogP contribution in [0.3, 0.4) is 0 Å². The molecule has 1 amide bonds. The summed E-state index contributed by atoms with van der Waals surface area (Å²) in [6, 6.07) is 8.85. The fourth-order valence-corrected chi connectivity index (χ4v) is 3.26. The van der Waals surface area contributed by atoms with Crippen LogP contribution in [0.25, 0.3) is 0 Å². The van der Waals surface area contributed by atoms with Crippen molar-refractivity contribution in [2.75, 3.05) is 20.6 Å². The van der Waals surface area contributed by atoms with Crippen molar-refractivity contribution in [1.82, 2.24) is 30.0 Å². The van der Waals surface area contributed by atoms with E-state index in [4.69, 9.17) is 0 Å². The van der Waals surface area contributed by atoms with E-state index < -0.39 is 0 Å². The largest absolute Gasteiger partial charge is 0.336 e. The summed E-state index contributed by atoms with van der Waals surface area (Å²) >= 11 is 0. The highest BCUT2D eigenvalue weighted by molar-refractivity contribution is 5.77. The van der Waals surface area contributed by atoms with Gasteiger partial charge in [0.25, 0.3) is 0 Å². The van der Waals surface area contributed by atoms with Gasteiger partial charge in [-0.05, 0) is 48.5 Å². The second-order valence-electron chi connectivity index (χ2n) is 6.55. The zero-order valence-electron chi connectivity index (χ0n) is 14.3. The Morgan fingerprint density at radius 2 is 2.08 bits per heavy atom. The summed E-state index contributed by atoms with van der Waals surface area (Å²) in [6.07, 6.45) is 4.06. The number of nitrogens with zero attached hydrogens (tertiary/aromatic N) is 6. The molecular formula is C17H24N6O. The van der Waals surface area contributed by atoms with Gasteiger partial charge in [-0.15, -0.1) is 5.10 Å². The molecule has 2 aromatic rings. The van der Waals surface area contributed by atoms with Gasteiger partial charge in [-0.25, -0.2) is 4.68 Å². The van der Waals surface area contributed by atoms with Crippen LogP contribution in [0.2, 0.25) is 0 Å². The van der Waals surface area contributed by atoms with Gasteiger partial charge < -0.3 is 9.80 Å². The maximum absolute atomic E-state index is 12.6. The lowest BCUT2D eigenvalue weighted by Crippen LogP contribution is -2.31. The monoisotopic (exact) mass is 328 g/mol. The third-order valence-corrected chi connectivity index (χ3v) is 4.38. The van der Waals surface area contributed by atoms with E-state index in [9.17, 15) is 4.79 Å². The lowest BCUT2D eigenvalue weighted by molar-refractivity contribution is -0.132. The van der Waals surface area contributed by atoms with Crippen molar-refractivity contribution in [2.45, 2.75) is 38.4 Å². The van der Waals surface area contributed by atoms with E-state index in [1.807, 2.05) is 4.90 Å². The SMILES string of the molecule is CN(C)Cc1ccc(C2CCCN2C(=O)CCn2cnnn2)cc1. The number of carbonyl (C=O) groups is 1. The minimum absolute atomic E-state index is 0.172. The van der Waals surface area contributed by atoms with Gasteiger partial charge >= 0.3 is 0 Å². The van der Waals surface area contributed by atoms with Crippen molar-refractivity contribution in [1.29, 1.82) is 0 Å². The molecule has 0 N–H and O–H groups in total. The lowest BCUT2D eigenvalue weighted by Gasteiger charge is -2.25. The van der Waals surface area contributed by atoms with Crippen LogP contribution in [0.4, 0.5) is 0 Å². The van der Waals surface area contributed by atoms with Crippen LogP contribution in [0, 0.1) is 0 Å². The van der Waals surface area contributed by atoms with E-state index in [1.165, 1.54) is 17.5 Å². The molecular weight excluding hydrogens is 304 g/mol. The molecule has 128 valence electrons. The molecule has 0 bridgehead atoms. The van der Waals surface area contributed by atoms with E-state index in [1.54, 1.807) is 4.68 Å². The molecule has 24 heavy (non-hydrogen) atoms. The average molecular weight is 328 g/mol. The number of hydrogen-bond donors (Lipinski definition) is 0. The third kappa shape index (κ3) is 3.97. The summed E-state index contributed by atoms with van der Waals surface area (Å²) in [5.41, 5.74) is 2.52. The van der Waals surface area contributed by atoms with E-state index in [0.717, 1.165) is 25.9 Å². The van der Waals surface area contributed by atoms with Crippen molar-refractivity contribution in [2.24, 2.45) is 0 Å². The van der Waals surface area contributed by atoms with Crippen molar-refractivity contribution in [3.63, 3.8) is 0 Å². The van der Waals surface area contributed by atoms with Crippen molar-refractivity contribution >= 4 is 5.91 Å². The number of aryl methyl sites for hydroxylation is 1. The van der Waals surface area contributed by atoms with Crippen LogP contribution in [-0.2, 0) is 17.9 Å². The molecule has 7 nitrogen and oxygen atoms in total. The summed E-state index contributed by atoms with van der Waals surface area (Å²) in [5.74, 6) is 0.172. The number of rotatable bonds is 6. The molecule has 3 rings (SSSR count). The van der Waals surface area contributed by atoms with Crippen LogP contribution in [0.5, 0.6) is 0 Å². The van der Waals surface area contributed by atoms with E-state index in [0.29, 0.717) is 13.0 Å². The van der Waals surface area contributed by atoms with Gasteiger partial charge in [-0.1, -0.05) is 24.3 Å². The van der Waals surface area contributed by atoms with Crippen LogP contribution < -0.4 is 0 Å². The summed E-state index contributed by atoms with van der Waals surface area (Å²) in [6.45, 7) is 2.29. The van der Waals surface area contributed by atoms with Gasteiger partial charge in [-0.2, -0.15) is 0 Å². The Morgan fingerprint density at radius 3 is 2.75 bits per heavy atom. The molecule has 1 aliphatic heterocycles. The van der Waals surface area contributed by atoms with Crippen LogP contribution in [0.15, 0.2) is 30.6 Å². The quantitative estimate of drug-likeness (QED) is 0.804. The number of likely N-dealkylation sites (tertiary alicyclic amines) is 1. The highest BCUT2D eigenvalue weighted by atomic mass is 16.2. The summed E-state index contributed by atoms with van der Waals surface area (Å²) in [5, 5.41) is 11.0. The zero-order chi connectivity index (χ0) is 16.9. The van der Waals surface area contributed by atoms with E-state index in [-0.39, 0.29) is 11.9 Å². The Bertz CT molecular complexity index is 652. The molecule has 0 saturated carbocycles. The molecule has 1 aliphatic rings. The summed E-state index contributed by atoms with van der Waals surface area (Å²) < 4.78 is 1.60. The second kappa shape index (κ2) is 7.53. The Labute approximate surface area is 142 Å². The van der Waals surface area contributed by atoms with Gasteiger partial charge in [0.1, 0.15) is 6.33 Å². The number of carbonyl (C=O) groups excluding carboxylic acids is 1.